The average Bonchev–Trinajstić information content (AvgIpc) is 0.783. The Morgan fingerprint density at radius 2 is 0.667 bits per heavy atom. The molecule has 0 bridgehead atoms. The Bertz CT molecular complexity index is 5240. The molecule has 0 saturated heterocycles. The van der Waals surface area contributed by atoms with Gasteiger partial charge < -0.3 is 79.6 Å². The zero-order valence-corrected chi connectivity index (χ0v) is 67.7. The van der Waals surface area contributed by atoms with Crippen LogP contribution in [-0.2, 0) is 76.1 Å². The van der Waals surface area contributed by atoms with Crippen molar-refractivity contribution < 1.29 is 90.2 Å². The number of aliphatic carboxylic acids is 5. The first-order chi connectivity index (χ1) is 55.3. The summed E-state index contributed by atoms with van der Waals surface area (Å²) in [6.45, 7) is 1.88. The number of nitrogens with one attached hydrogen (secondary N) is 5. The van der Waals surface area contributed by atoms with Crippen LogP contribution in [-0.4, -0.2) is 134 Å². The number of halogens is 5. The summed E-state index contributed by atoms with van der Waals surface area (Å²) >= 11 is 29.4. The molecule has 0 radical (unpaired) electrons. The number of ether oxygens (including phenoxy) is 2. The number of carbonyl (C=O) groups excluding carboxylic acids is 3. The zero-order chi connectivity index (χ0) is 86.4. The second-order valence-electron chi connectivity index (χ2n) is 25.3. The molecule has 0 fully saturated rings. The summed E-state index contributed by atoms with van der Waals surface area (Å²) in [6.07, 6.45) is 0.985. The van der Waals surface area contributed by atoms with E-state index in [0.717, 1.165) is 22.3 Å². The second kappa shape index (κ2) is 45.0. The van der Waals surface area contributed by atoms with Crippen molar-refractivity contribution >= 4 is 154 Å². The molecule has 0 aliphatic heterocycles. The van der Waals surface area contributed by atoms with E-state index in [1.165, 1.54) is 68.8 Å². The molecule has 0 saturated carbocycles. The number of rotatable bonds is 29. The van der Waals surface area contributed by atoms with Gasteiger partial charge >= 0.3 is 29.8 Å². The van der Waals surface area contributed by atoms with Gasteiger partial charge in [-0.05, 0) is 194 Å². The minimum atomic E-state index is -3.96. The minimum absolute atomic E-state index is 0.0130. The van der Waals surface area contributed by atoms with Gasteiger partial charge in [0.2, 0.25) is 0 Å². The summed E-state index contributed by atoms with van der Waals surface area (Å²) in [5.74, 6) is -5.14. The van der Waals surface area contributed by atoms with E-state index in [1.807, 2.05) is 25.1 Å². The van der Waals surface area contributed by atoms with Crippen LogP contribution in [0, 0.1) is 6.92 Å². The van der Waals surface area contributed by atoms with Crippen molar-refractivity contribution in [3.05, 3.63) is 300 Å². The van der Waals surface area contributed by atoms with Crippen LogP contribution in [0.2, 0.25) is 25.1 Å². The topological polar surface area (TPSA) is 515 Å². The van der Waals surface area contributed by atoms with Crippen LogP contribution in [0.5, 0.6) is 11.5 Å². The van der Waals surface area contributed by atoms with Gasteiger partial charge in [-0.3, -0.25) is 47.8 Å². The summed E-state index contributed by atoms with van der Waals surface area (Å²) in [7, 11) is -4.76. The molecular formula is C81H81Cl5N10O19S2. The largest absolute Gasteiger partial charge is 0.497 e. The monoisotopic (exact) mass is 1740 g/mol. The van der Waals surface area contributed by atoms with Crippen LogP contribution < -0.4 is 63.5 Å². The van der Waals surface area contributed by atoms with Crippen LogP contribution in [0.4, 0.5) is 28.4 Å². The fraction of sp³-hybridized carbons (Fsp3) is 0.160. The summed E-state index contributed by atoms with van der Waals surface area (Å²) in [5.41, 5.74) is 35.8. The van der Waals surface area contributed by atoms with Crippen molar-refractivity contribution in [3.63, 3.8) is 0 Å². The molecule has 29 nitrogen and oxygen atoms in total. The summed E-state index contributed by atoms with van der Waals surface area (Å²) < 4.78 is 64.6. The number of nitrogens with two attached hydrogens (primary N) is 5. The fourth-order valence-corrected chi connectivity index (χ4v) is 14.0. The molecule has 616 valence electrons. The van der Waals surface area contributed by atoms with Gasteiger partial charge in [0.1, 0.15) is 46.6 Å². The molecule has 0 aliphatic carbocycles. The first kappa shape index (κ1) is 94.2. The molecule has 0 spiro atoms. The average molecular weight is 1740 g/mol. The number of amides is 3. The van der Waals surface area contributed by atoms with Gasteiger partial charge in [-0.1, -0.05) is 155 Å². The lowest BCUT2D eigenvalue weighted by molar-refractivity contribution is -0.139. The number of sulfonamides is 2. The van der Waals surface area contributed by atoms with Crippen LogP contribution >= 0.6 is 58.0 Å². The molecule has 5 atom stereocenters. The molecule has 117 heavy (non-hydrogen) atoms. The van der Waals surface area contributed by atoms with Crippen LogP contribution in [0.1, 0.15) is 64.5 Å². The van der Waals surface area contributed by atoms with Gasteiger partial charge in [0.25, 0.3) is 37.8 Å². The Morgan fingerprint density at radius 3 is 1.01 bits per heavy atom. The van der Waals surface area contributed by atoms with Crippen LogP contribution in [0.25, 0.3) is 0 Å². The number of methoxy groups -OCH3 is 2. The maximum absolute atomic E-state index is 12.4. The van der Waals surface area contributed by atoms with Crippen LogP contribution in [0.3, 0.4) is 0 Å². The van der Waals surface area contributed by atoms with Gasteiger partial charge in [-0.2, -0.15) is 0 Å². The lowest BCUT2D eigenvalue weighted by Gasteiger charge is -2.12. The number of hydrogen-bond donors (Lipinski definition) is 15. The molecule has 10 rings (SSSR count). The van der Waals surface area contributed by atoms with Crippen molar-refractivity contribution in [2.45, 2.75) is 79.0 Å². The van der Waals surface area contributed by atoms with E-state index in [-0.39, 0.29) is 79.7 Å². The Balaban J connectivity index is 0.000000227. The molecular weight excluding hydrogens is 1660 g/mol. The fourth-order valence-electron chi connectivity index (χ4n) is 10.2. The molecule has 20 N–H and O–H groups in total. The number of anilines is 5. The SMILES string of the molecule is COc1ccc(C(=O)Nc2ccc(C[C@H](N)C(=O)O)cc2)c(OC)c1.Cc1ccccc1C(=O)Nc1ccc(C[C@H](N)C(=O)O)cc1.N[C@@H](Cc1ccc(NC(=O)c2ccccc2Cl)cc1)C(=O)O.N[C@@H](Cc1ccc(NS(=O)(=O)c2c(Cl)cccc2Cl)cc1)C(=O)O.N[C@@H](Cc1ccc(NS(=O)(=O)c2ccc(Cl)c(Cl)c2)cc1)C(=O)O. The third-order valence-corrected chi connectivity index (χ3v) is 21.2. The standard InChI is InChI=1S/C18H20N2O5.C17H18N2O3.C16H15ClN2O3.2C15H14Cl2N2O4S/c1-24-13-7-8-14(16(10-13)25-2)17(21)20-12-5-3-11(4-6-12)9-15(19)18(22)23;1-11-4-2-3-5-14(11)16(20)19-13-8-6-12(7-9-13)10-15(18)17(21)22;17-13-4-2-1-3-12(13)15(20)19-11-7-5-10(6-8-11)9-14(18)16(21)22;16-12-6-5-11(8-13(12)17)24(22,23)19-10-3-1-9(2-4-10)7-14(18)15(20)21;16-11-2-1-3-12(17)14(11)24(22,23)19-10-6-4-9(5-7-10)8-13(18)15(20)21/h3-8,10,15H,9,19H2,1-2H3,(H,20,21)(H,22,23);2-9,15H,10,18H2,1H3,(H,19,20)(H,21,22);1-8,14H,9,18H2,(H,19,20)(H,21,22);1-6,8,14,19H,7,18H2,(H,20,21);1-7,13,19H,8,18H2,(H,20,21)/t2*15-;2*14-;13-/m00000/s1. The maximum atomic E-state index is 12.4. The van der Waals surface area contributed by atoms with Gasteiger partial charge in [0, 0.05) is 40.1 Å². The van der Waals surface area contributed by atoms with Crippen molar-refractivity contribution in [1.82, 2.24) is 0 Å². The zero-order valence-electron chi connectivity index (χ0n) is 62.3. The number of hydrogen-bond acceptors (Lipinski definition) is 19. The highest BCUT2D eigenvalue weighted by atomic mass is 35.5. The lowest BCUT2D eigenvalue weighted by Crippen LogP contribution is -2.32. The molecule has 36 heteroatoms. The van der Waals surface area contributed by atoms with Gasteiger partial charge in [0.05, 0.1) is 55.4 Å². The van der Waals surface area contributed by atoms with Crippen molar-refractivity contribution in [1.29, 1.82) is 0 Å². The molecule has 0 aromatic heterocycles. The van der Waals surface area contributed by atoms with E-state index >= 15 is 0 Å². The first-order valence-electron chi connectivity index (χ1n) is 34.6. The Labute approximate surface area is 698 Å². The Hall–Kier alpha value is -11.7. The van der Waals surface area contributed by atoms with Crippen LogP contribution in [0.15, 0.2) is 234 Å². The number of carboxylic acid groups (broad SMARTS) is 5. The molecule has 10 aromatic carbocycles. The first-order valence-corrected chi connectivity index (χ1v) is 39.4. The number of aryl methyl sites for hydroxylation is 1. The Kier molecular flexibility index (Phi) is 36.2. The minimum Gasteiger partial charge on any atom is -0.497 e. The quantitative estimate of drug-likeness (QED) is 0.0207. The van der Waals surface area contributed by atoms with Crippen molar-refractivity contribution in [3.8, 4) is 11.5 Å². The number of carboxylic acids is 5. The normalized spacial score (nSPS) is 12.0. The van der Waals surface area contributed by atoms with E-state index in [0.29, 0.717) is 72.8 Å². The highest BCUT2D eigenvalue weighted by Gasteiger charge is 2.24. The summed E-state index contributed by atoms with van der Waals surface area (Å²) in [5, 5.41) is 53.1. The summed E-state index contributed by atoms with van der Waals surface area (Å²) in [4.78, 5) is 90.1. The molecule has 0 aliphatic rings. The smallest absolute Gasteiger partial charge is 0.320 e. The third-order valence-electron chi connectivity index (χ3n) is 16.5. The van der Waals surface area contributed by atoms with Gasteiger partial charge in [-0.25, -0.2) is 16.8 Å². The highest BCUT2D eigenvalue weighted by Crippen LogP contribution is 2.32. The lowest BCUT2D eigenvalue weighted by atomic mass is 10.1. The maximum Gasteiger partial charge on any atom is 0.320 e. The predicted octanol–water partition coefficient (Wildman–Crippen LogP) is 12.2. The van der Waals surface area contributed by atoms with E-state index < -0.39 is 80.1 Å². The predicted molar refractivity (Wildman–Crippen MR) is 449 cm³/mol. The highest BCUT2D eigenvalue weighted by molar-refractivity contribution is 7.93. The van der Waals surface area contributed by atoms with Gasteiger partial charge in [-0.15, -0.1) is 0 Å². The molecule has 0 unspecified atom stereocenters. The summed E-state index contributed by atoms with van der Waals surface area (Å²) in [6, 6.07) is 55.7. The third kappa shape index (κ3) is 30.1. The number of carbonyl (C=O) groups is 8. The van der Waals surface area contributed by atoms with Crippen molar-refractivity contribution in [2.75, 3.05) is 39.6 Å². The van der Waals surface area contributed by atoms with E-state index in [9.17, 15) is 55.2 Å². The number of benzene rings is 10. The second-order valence-corrected chi connectivity index (χ2v) is 30.6. The van der Waals surface area contributed by atoms with Crippen molar-refractivity contribution in [2.24, 2.45) is 28.7 Å². The molecule has 10 aromatic rings. The van der Waals surface area contributed by atoms with E-state index in [1.54, 1.807) is 152 Å². The molecule has 0 heterocycles. The van der Waals surface area contributed by atoms with E-state index in [4.69, 9.17) is 122 Å². The van der Waals surface area contributed by atoms with E-state index in [2.05, 4.69) is 25.4 Å². The Morgan fingerprint density at radius 1 is 0.342 bits per heavy atom. The van der Waals surface area contributed by atoms with Gasteiger partial charge in [0.15, 0.2) is 0 Å². The molecule has 3 amide bonds.